The van der Waals surface area contributed by atoms with Gasteiger partial charge in [0.15, 0.2) is 5.11 Å². The number of hydrogen-bond acceptors (Lipinski definition) is 3. The Bertz CT molecular complexity index is 1090. The number of thiocarbonyl (C=S) groups is 1. The second-order valence-electron chi connectivity index (χ2n) is 5.76. The van der Waals surface area contributed by atoms with Crippen LogP contribution >= 0.6 is 58.6 Å². The highest BCUT2D eigenvalue weighted by atomic mass is 35.5. The summed E-state index contributed by atoms with van der Waals surface area (Å²) < 4.78 is 5.70. The van der Waals surface area contributed by atoms with Gasteiger partial charge >= 0.3 is 0 Å². The molecule has 1 amide bonds. The lowest BCUT2D eigenvalue weighted by Gasteiger charge is -2.08. The van der Waals surface area contributed by atoms with Crippen LogP contribution in [0.4, 0.5) is 5.69 Å². The summed E-state index contributed by atoms with van der Waals surface area (Å²) in [7, 11) is 0. The molecule has 0 bridgehead atoms. The molecule has 4 nitrogen and oxygen atoms in total. The maximum absolute atomic E-state index is 12.1. The van der Waals surface area contributed by atoms with Gasteiger partial charge in [0.05, 0.1) is 5.02 Å². The monoisotopic (exact) mass is 484 g/mol. The average Bonchev–Trinajstić information content (AvgIpc) is 3.07. The van der Waals surface area contributed by atoms with Crippen molar-refractivity contribution in [2.24, 2.45) is 0 Å². The van der Waals surface area contributed by atoms with Crippen LogP contribution in [0.2, 0.25) is 20.1 Å². The summed E-state index contributed by atoms with van der Waals surface area (Å²) in [5.41, 5.74) is 1.26. The van der Waals surface area contributed by atoms with Crippen molar-refractivity contribution in [2.45, 2.75) is 0 Å². The smallest absolute Gasteiger partial charge is 0.250 e. The van der Waals surface area contributed by atoms with Gasteiger partial charge in [0.2, 0.25) is 5.91 Å². The number of nitrogens with one attached hydrogen (secondary N) is 2. The second kappa shape index (κ2) is 9.65. The fourth-order valence-electron chi connectivity index (χ4n) is 2.38. The molecule has 1 aromatic heterocycles. The predicted octanol–water partition coefficient (Wildman–Crippen LogP) is 7.09. The van der Waals surface area contributed by atoms with Gasteiger partial charge in [0, 0.05) is 32.4 Å². The van der Waals surface area contributed by atoms with Crippen LogP contribution in [0.15, 0.2) is 59.0 Å². The van der Waals surface area contributed by atoms with E-state index in [0.717, 1.165) is 0 Å². The normalized spacial score (nSPS) is 10.9. The van der Waals surface area contributed by atoms with Gasteiger partial charge in [-0.1, -0.05) is 46.4 Å². The van der Waals surface area contributed by atoms with E-state index in [2.05, 4.69) is 10.6 Å². The number of carbonyl (C=O) groups excluding carboxylic acids is 1. The molecule has 148 valence electrons. The number of rotatable bonds is 4. The molecule has 1 heterocycles. The van der Waals surface area contributed by atoms with Gasteiger partial charge in [-0.25, -0.2) is 0 Å². The van der Waals surface area contributed by atoms with Crippen LogP contribution in [-0.2, 0) is 4.79 Å². The van der Waals surface area contributed by atoms with E-state index < -0.39 is 5.91 Å². The Hall–Kier alpha value is -2.02. The molecule has 3 aromatic rings. The standard InChI is InChI=1S/C20H12Cl4N2O2S/c21-11-1-4-16(17(24)10-11)18-5-2-15(28-18)3-6-19(27)26-20(29)25-14-8-12(22)7-13(23)9-14/h1-10H,(H2,25,26,27,29)/b6-3+. The molecular weight excluding hydrogens is 474 g/mol. The Labute approximate surface area is 192 Å². The highest BCUT2D eigenvalue weighted by molar-refractivity contribution is 7.80. The van der Waals surface area contributed by atoms with Gasteiger partial charge in [0.1, 0.15) is 11.5 Å². The summed E-state index contributed by atoms with van der Waals surface area (Å²) in [5, 5.41) is 7.36. The van der Waals surface area contributed by atoms with Crippen LogP contribution < -0.4 is 10.6 Å². The molecule has 9 heteroatoms. The molecule has 29 heavy (non-hydrogen) atoms. The minimum absolute atomic E-state index is 0.103. The van der Waals surface area contributed by atoms with Crippen molar-refractivity contribution >= 4 is 81.4 Å². The van der Waals surface area contributed by atoms with E-state index in [4.69, 9.17) is 63.0 Å². The fraction of sp³-hybridized carbons (Fsp3) is 0. The Morgan fingerprint density at radius 1 is 0.931 bits per heavy atom. The molecule has 3 rings (SSSR count). The topological polar surface area (TPSA) is 54.3 Å². The molecule has 0 saturated heterocycles. The molecule has 0 saturated carbocycles. The first kappa shape index (κ1) is 21.7. The van der Waals surface area contributed by atoms with Crippen molar-refractivity contribution in [1.82, 2.24) is 5.32 Å². The maximum atomic E-state index is 12.1. The molecular formula is C20H12Cl4N2O2S. The lowest BCUT2D eigenvalue weighted by atomic mass is 10.2. The summed E-state index contributed by atoms with van der Waals surface area (Å²) >= 11 is 29.1. The van der Waals surface area contributed by atoms with E-state index in [-0.39, 0.29) is 5.11 Å². The molecule has 0 aliphatic carbocycles. The Balaban J connectivity index is 1.60. The summed E-state index contributed by atoms with van der Waals surface area (Å²) in [6.45, 7) is 0. The fourth-order valence-corrected chi connectivity index (χ4v) is 3.62. The molecule has 0 unspecified atom stereocenters. The molecule has 0 atom stereocenters. The zero-order valence-electron chi connectivity index (χ0n) is 14.5. The average molecular weight is 486 g/mol. The first-order valence-electron chi connectivity index (χ1n) is 8.11. The number of carbonyl (C=O) groups is 1. The van der Waals surface area contributed by atoms with Gasteiger partial charge in [-0.05, 0) is 66.8 Å². The largest absolute Gasteiger partial charge is 0.457 e. The van der Waals surface area contributed by atoms with Gasteiger partial charge in [-0.2, -0.15) is 0 Å². The highest BCUT2D eigenvalue weighted by Gasteiger charge is 2.09. The lowest BCUT2D eigenvalue weighted by Crippen LogP contribution is -2.32. The van der Waals surface area contributed by atoms with E-state index in [1.54, 1.807) is 48.5 Å². The molecule has 2 aromatic carbocycles. The van der Waals surface area contributed by atoms with Crippen molar-refractivity contribution < 1.29 is 9.21 Å². The third-order valence-corrected chi connectivity index (χ3v) is 4.77. The molecule has 0 aliphatic heterocycles. The molecule has 0 spiro atoms. The van der Waals surface area contributed by atoms with Crippen molar-refractivity contribution in [1.29, 1.82) is 0 Å². The van der Waals surface area contributed by atoms with E-state index in [1.807, 2.05) is 0 Å². The minimum atomic E-state index is -0.432. The number of furan rings is 1. The Morgan fingerprint density at radius 2 is 1.66 bits per heavy atom. The zero-order chi connectivity index (χ0) is 21.0. The predicted molar refractivity (Wildman–Crippen MR) is 124 cm³/mol. The van der Waals surface area contributed by atoms with Crippen molar-refractivity contribution in [3.05, 3.63) is 80.5 Å². The zero-order valence-corrected chi connectivity index (χ0v) is 18.4. The van der Waals surface area contributed by atoms with Crippen molar-refractivity contribution in [2.75, 3.05) is 5.32 Å². The number of hydrogen-bond donors (Lipinski definition) is 2. The van der Waals surface area contributed by atoms with Crippen LogP contribution in [0.1, 0.15) is 5.76 Å². The van der Waals surface area contributed by atoms with Crippen LogP contribution in [0.25, 0.3) is 17.4 Å². The molecule has 0 aliphatic rings. The Morgan fingerprint density at radius 3 is 2.34 bits per heavy atom. The minimum Gasteiger partial charge on any atom is -0.457 e. The summed E-state index contributed by atoms with van der Waals surface area (Å²) in [4.78, 5) is 12.1. The number of benzene rings is 2. The lowest BCUT2D eigenvalue weighted by molar-refractivity contribution is -0.115. The van der Waals surface area contributed by atoms with Gasteiger partial charge in [-0.3, -0.25) is 10.1 Å². The summed E-state index contributed by atoms with van der Waals surface area (Å²) in [6, 6.07) is 13.4. The number of anilines is 1. The van der Waals surface area contributed by atoms with E-state index in [0.29, 0.717) is 42.9 Å². The van der Waals surface area contributed by atoms with Gasteiger partial charge in [-0.15, -0.1) is 0 Å². The van der Waals surface area contributed by atoms with Crippen molar-refractivity contribution in [3.8, 4) is 11.3 Å². The van der Waals surface area contributed by atoms with Crippen LogP contribution in [0, 0.1) is 0 Å². The van der Waals surface area contributed by atoms with E-state index in [1.165, 1.54) is 12.2 Å². The molecule has 2 N–H and O–H groups in total. The summed E-state index contributed by atoms with van der Waals surface area (Å²) in [5.74, 6) is 0.599. The van der Waals surface area contributed by atoms with Crippen molar-refractivity contribution in [3.63, 3.8) is 0 Å². The summed E-state index contributed by atoms with van der Waals surface area (Å²) in [6.07, 6.45) is 2.81. The molecule has 0 radical (unpaired) electrons. The van der Waals surface area contributed by atoms with Gasteiger partial charge in [0.25, 0.3) is 0 Å². The molecule has 0 fully saturated rings. The van der Waals surface area contributed by atoms with Crippen LogP contribution in [-0.4, -0.2) is 11.0 Å². The van der Waals surface area contributed by atoms with Crippen LogP contribution in [0.5, 0.6) is 0 Å². The quantitative estimate of drug-likeness (QED) is 0.306. The van der Waals surface area contributed by atoms with E-state index in [9.17, 15) is 4.79 Å². The van der Waals surface area contributed by atoms with Crippen LogP contribution in [0.3, 0.4) is 0 Å². The van der Waals surface area contributed by atoms with E-state index >= 15 is 0 Å². The second-order valence-corrected chi connectivity index (χ2v) is 7.89. The number of amides is 1. The first-order chi connectivity index (χ1) is 13.8. The van der Waals surface area contributed by atoms with Gasteiger partial charge < -0.3 is 9.73 Å². The SMILES string of the molecule is O=C(/C=C/c1ccc(-c2ccc(Cl)cc2Cl)o1)NC(=S)Nc1cc(Cl)cc(Cl)c1. The number of halogens is 4. The maximum Gasteiger partial charge on any atom is 0.250 e. The Kier molecular flexibility index (Phi) is 7.22. The third-order valence-electron chi connectivity index (χ3n) is 3.58. The third kappa shape index (κ3) is 6.23. The highest BCUT2D eigenvalue weighted by Crippen LogP contribution is 2.31. The first-order valence-corrected chi connectivity index (χ1v) is 10.0.